The molecule has 22 N–H and O–H groups in total. The fourth-order valence-corrected chi connectivity index (χ4v) is 8.80. The number of aromatic nitrogens is 8. The van der Waals surface area contributed by atoms with Crippen molar-refractivity contribution in [2.24, 2.45) is 23.3 Å². The van der Waals surface area contributed by atoms with Gasteiger partial charge < -0.3 is 105 Å². The summed E-state index contributed by atoms with van der Waals surface area (Å²) in [5.74, 6) is -16.9. The van der Waals surface area contributed by atoms with Crippen LogP contribution in [0.4, 0.5) is 0 Å². The fraction of sp³-hybridized carbons (Fsp3) is 0.509. The lowest BCUT2D eigenvalue weighted by molar-refractivity contribution is -0.142. The summed E-state index contributed by atoms with van der Waals surface area (Å²) in [5.41, 5.74) is 12.5. The number of aliphatic carboxylic acids is 3. The van der Waals surface area contributed by atoms with E-state index >= 15 is 0 Å². The zero-order chi connectivity index (χ0) is 69.6. The van der Waals surface area contributed by atoms with Gasteiger partial charge in [0.15, 0.2) is 0 Å². The second-order valence-corrected chi connectivity index (χ2v) is 22.2. The van der Waals surface area contributed by atoms with Gasteiger partial charge in [-0.2, -0.15) is 0 Å². The van der Waals surface area contributed by atoms with Crippen molar-refractivity contribution < 1.29 is 87.2 Å². The number of hydrogen-bond donors (Lipinski definition) is 20. The molecule has 0 aliphatic heterocycles. The van der Waals surface area contributed by atoms with Gasteiger partial charge in [-0.3, -0.25) is 67.1 Å². The smallest absolute Gasteiger partial charge is 0.326 e. The number of aromatic amines is 4. The van der Waals surface area contributed by atoms with Crippen LogP contribution in [0.2, 0.25) is 0 Å². The van der Waals surface area contributed by atoms with E-state index in [9.17, 15) is 82.1 Å². The topological polar surface area (TPSA) is 616 Å². The minimum absolute atomic E-state index is 0.111. The lowest BCUT2D eigenvalue weighted by Crippen LogP contribution is -2.61. The number of carbonyl (C=O) groups is 15. The number of carboxylic acids is 3. The van der Waals surface area contributed by atoms with E-state index in [4.69, 9.17) is 16.6 Å². The van der Waals surface area contributed by atoms with Gasteiger partial charge in [0.2, 0.25) is 70.9 Å². The molecule has 4 rings (SSSR count). The number of nitrogens with two attached hydrogens (primary N) is 2. The molecule has 0 spiro atoms. The molecule has 0 aliphatic carbocycles. The fourth-order valence-electron chi connectivity index (χ4n) is 8.80. The molecular weight excluding hydrogens is 1240 g/mol. The maximum Gasteiger partial charge on any atom is 0.326 e. The van der Waals surface area contributed by atoms with E-state index in [1.165, 1.54) is 50.1 Å². The summed E-state index contributed by atoms with van der Waals surface area (Å²) < 4.78 is 0. The van der Waals surface area contributed by atoms with E-state index in [1.54, 1.807) is 27.7 Å². The summed E-state index contributed by atoms with van der Waals surface area (Å²) in [6.07, 6.45) is 6.86. The molecular formula is C55H79N21O18. The molecule has 0 radical (unpaired) electrons. The molecule has 4 aromatic rings. The van der Waals surface area contributed by atoms with Crippen molar-refractivity contribution in [2.75, 3.05) is 19.6 Å². The Morgan fingerprint density at radius 2 is 0.819 bits per heavy atom. The van der Waals surface area contributed by atoms with Crippen molar-refractivity contribution >= 4 is 88.8 Å². The molecule has 9 atom stereocenters. The monoisotopic (exact) mass is 1320 g/mol. The molecule has 0 aliphatic rings. The Hall–Kier alpha value is -11.2. The van der Waals surface area contributed by atoms with E-state index in [0.29, 0.717) is 22.8 Å². The van der Waals surface area contributed by atoms with Crippen LogP contribution in [0.25, 0.3) is 0 Å². The Bertz CT molecular complexity index is 3230. The molecule has 0 unspecified atom stereocenters. The largest absolute Gasteiger partial charge is 0.481 e. The van der Waals surface area contributed by atoms with Crippen molar-refractivity contribution in [3.63, 3.8) is 0 Å². The van der Waals surface area contributed by atoms with Crippen LogP contribution in [-0.4, -0.2) is 218 Å². The Balaban J connectivity index is 1.41. The quantitative estimate of drug-likeness (QED) is 0.0196. The first-order valence-electron chi connectivity index (χ1n) is 29.3. The number of imidazole rings is 4. The van der Waals surface area contributed by atoms with Crippen molar-refractivity contribution in [1.82, 2.24) is 98.4 Å². The van der Waals surface area contributed by atoms with Crippen LogP contribution in [-0.2, 0) is 97.6 Å². The first-order chi connectivity index (χ1) is 44.5. The van der Waals surface area contributed by atoms with Gasteiger partial charge in [-0.25, -0.2) is 24.7 Å². The molecule has 12 amide bonds. The summed E-state index contributed by atoms with van der Waals surface area (Å²) >= 11 is 0. The molecule has 39 nitrogen and oxygen atoms in total. The predicted octanol–water partition coefficient (Wildman–Crippen LogP) is -7.20. The molecule has 94 heavy (non-hydrogen) atoms. The summed E-state index contributed by atoms with van der Waals surface area (Å²) in [4.78, 5) is 223. The third-order valence-corrected chi connectivity index (χ3v) is 13.7. The number of carbonyl (C=O) groups excluding carboxylic acids is 12. The number of rotatable bonds is 42. The second-order valence-electron chi connectivity index (χ2n) is 22.2. The molecule has 0 saturated heterocycles. The van der Waals surface area contributed by atoms with Gasteiger partial charge in [0.1, 0.15) is 48.3 Å². The SMILES string of the molecule is CC(C)C[C@H](NC(=O)[C@@H](NC(=O)[C@H](Cc1cnc[nH]1)NC(=O)CNC(=O)CNC(=O)[C@H](CCC(N)=O)NC(=O)[C@H](Cc1cnc[nH]1)NC(=O)[C@@H](N)CCC(=O)O)C(C)C)C(=O)N[C@@H](CC(=O)O)C(=O)N[C@@H](Cc1cnc[nH]1)C(=O)NCC(=O)N[C@@H](Cc1cnc[nH]1)C(=O)O. The number of nitrogens with one attached hydrogen (secondary N) is 15. The molecule has 0 aromatic carbocycles. The highest BCUT2D eigenvalue weighted by Crippen LogP contribution is 2.12. The number of nitrogens with zero attached hydrogens (tertiary/aromatic N) is 4. The van der Waals surface area contributed by atoms with Gasteiger partial charge in [-0.1, -0.05) is 27.7 Å². The lowest BCUT2D eigenvalue weighted by Gasteiger charge is -2.29. The van der Waals surface area contributed by atoms with Gasteiger partial charge in [0.25, 0.3) is 0 Å². The van der Waals surface area contributed by atoms with Gasteiger partial charge in [-0.15, -0.1) is 0 Å². The first-order valence-corrected chi connectivity index (χ1v) is 29.3. The molecule has 4 aromatic heterocycles. The van der Waals surface area contributed by atoms with E-state index in [-0.39, 0.29) is 50.9 Å². The standard InChI is InChI=1S/C55H79N21O18/c1-26(2)9-34(50(88)74-38(14-45(83)84)52(90)73-35(10-28-15-58-22-65-28)49(87)64-21-43(80)70-39(55(93)94)13-31-18-61-25-68-31)75-54(92)46(27(3)4)76-53(91)36(11-29-16-59-23-66-29)69-42(79)20-62-41(78)19-63-48(86)33(6-7-40(57)77)71-51(89)37(12-30-17-60-24-67-30)72-47(85)32(56)5-8-44(81)82/h15-18,22-27,32-39,46H,5-14,19-21,56H2,1-4H3,(H2,57,77)(H,58,65)(H,59,66)(H,60,67)(H,61,68)(H,62,78)(H,63,86)(H,64,87)(H,69,79)(H,70,80)(H,71,89)(H,72,85)(H,73,90)(H,74,88)(H,75,92)(H,76,91)(H,81,82)(H,83,84)(H,93,94)/t32-,33-,34-,35-,36-,37-,38-,39-,46-/m0/s1. The zero-order valence-electron chi connectivity index (χ0n) is 51.6. The first kappa shape index (κ1) is 75.3. The molecule has 512 valence electrons. The Labute approximate surface area is 535 Å². The van der Waals surface area contributed by atoms with Gasteiger partial charge in [0.05, 0.1) is 57.4 Å². The zero-order valence-corrected chi connectivity index (χ0v) is 51.6. The predicted molar refractivity (Wildman–Crippen MR) is 321 cm³/mol. The van der Waals surface area contributed by atoms with Crippen LogP contribution < -0.4 is 70.0 Å². The second kappa shape index (κ2) is 37.9. The number of hydrogen-bond acceptors (Lipinski definition) is 20. The Morgan fingerprint density at radius 3 is 1.28 bits per heavy atom. The summed E-state index contributed by atoms with van der Waals surface area (Å²) in [7, 11) is 0. The normalized spacial score (nSPS) is 13.9. The number of carboxylic acid groups (broad SMARTS) is 3. The van der Waals surface area contributed by atoms with Crippen molar-refractivity contribution in [3.05, 3.63) is 72.9 Å². The minimum atomic E-state index is -1.90. The highest BCUT2D eigenvalue weighted by Gasteiger charge is 2.36. The maximum atomic E-state index is 14.2. The summed E-state index contributed by atoms with van der Waals surface area (Å²) in [6, 6.07) is -13.6. The van der Waals surface area contributed by atoms with Gasteiger partial charge >= 0.3 is 17.9 Å². The molecule has 4 heterocycles. The summed E-state index contributed by atoms with van der Waals surface area (Å²) in [6.45, 7) is 4.09. The van der Waals surface area contributed by atoms with Crippen molar-refractivity contribution in [1.29, 1.82) is 0 Å². The van der Waals surface area contributed by atoms with Crippen LogP contribution in [0, 0.1) is 11.8 Å². The summed E-state index contributed by atoms with van der Waals surface area (Å²) in [5, 5.41) is 54.8. The third kappa shape index (κ3) is 27.1. The van der Waals surface area contributed by atoms with Crippen molar-refractivity contribution in [3.8, 4) is 0 Å². The van der Waals surface area contributed by atoms with E-state index < -0.39 is 188 Å². The van der Waals surface area contributed by atoms with Gasteiger partial charge in [-0.05, 0) is 31.1 Å². The van der Waals surface area contributed by atoms with E-state index in [2.05, 4.69) is 98.4 Å². The number of amides is 12. The molecule has 0 fully saturated rings. The third-order valence-electron chi connectivity index (χ3n) is 13.7. The molecule has 0 bridgehead atoms. The highest BCUT2D eigenvalue weighted by molar-refractivity contribution is 5.99. The van der Waals surface area contributed by atoms with Crippen LogP contribution in [0.1, 0.15) is 89.0 Å². The average molecular weight is 1320 g/mol. The van der Waals surface area contributed by atoms with Crippen molar-refractivity contribution in [2.45, 2.75) is 146 Å². The van der Waals surface area contributed by atoms with Crippen LogP contribution in [0.15, 0.2) is 50.1 Å². The Morgan fingerprint density at radius 1 is 0.426 bits per heavy atom. The number of primary amides is 1. The average Bonchev–Trinajstić information content (AvgIpc) is 0.975. The highest BCUT2D eigenvalue weighted by atomic mass is 16.4. The van der Waals surface area contributed by atoms with Gasteiger partial charge in [0, 0.05) is 86.1 Å². The van der Waals surface area contributed by atoms with E-state index in [1.807, 2.05) is 0 Å². The Kier molecular flexibility index (Phi) is 30.3. The van der Waals surface area contributed by atoms with Crippen LogP contribution >= 0.6 is 0 Å². The lowest BCUT2D eigenvalue weighted by atomic mass is 9.99. The molecule has 0 saturated carbocycles. The number of H-pyrrole nitrogens is 4. The maximum absolute atomic E-state index is 14.2. The van der Waals surface area contributed by atoms with E-state index in [0.717, 1.165) is 0 Å². The van der Waals surface area contributed by atoms with Crippen LogP contribution in [0.5, 0.6) is 0 Å². The minimum Gasteiger partial charge on any atom is -0.481 e. The molecule has 39 heteroatoms. The van der Waals surface area contributed by atoms with Crippen LogP contribution in [0.3, 0.4) is 0 Å².